The molecule has 0 spiro atoms. The number of halogens is 2. The number of sulfone groups is 1. The lowest BCUT2D eigenvalue weighted by atomic mass is 10.2. The van der Waals surface area contributed by atoms with E-state index in [-0.39, 0.29) is 16.1 Å². The van der Waals surface area contributed by atoms with E-state index in [1.54, 1.807) is 0 Å². The Balaban J connectivity index is 2.44. The molecule has 0 amide bonds. The molecule has 2 rings (SSSR count). The van der Waals surface area contributed by atoms with Crippen LogP contribution in [0.1, 0.15) is 5.56 Å². The predicted octanol–water partition coefficient (Wildman–Crippen LogP) is 3.47. The maximum Gasteiger partial charge on any atom is 0.274 e. The third-order valence-electron chi connectivity index (χ3n) is 2.74. The van der Waals surface area contributed by atoms with Gasteiger partial charge in [0.1, 0.15) is 5.82 Å². The Morgan fingerprint density at radius 2 is 1.90 bits per heavy atom. The van der Waals surface area contributed by atoms with Crippen LogP contribution in [0.3, 0.4) is 0 Å². The van der Waals surface area contributed by atoms with E-state index in [1.807, 2.05) is 0 Å². The van der Waals surface area contributed by atoms with Crippen molar-refractivity contribution in [1.29, 1.82) is 0 Å². The molecule has 0 fully saturated rings. The van der Waals surface area contributed by atoms with Crippen molar-refractivity contribution < 1.29 is 17.7 Å². The van der Waals surface area contributed by atoms with Crippen molar-refractivity contribution in [3.05, 3.63) is 68.4 Å². The average Bonchev–Trinajstić information content (AvgIpc) is 2.40. The number of nitro benzene ring substituents is 1. The van der Waals surface area contributed by atoms with Crippen molar-refractivity contribution >= 4 is 31.5 Å². The lowest BCUT2D eigenvalue weighted by molar-refractivity contribution is -0.385. The minimum Gasteiger partial charge on any atom is -0.258 e. The third-order valence-corrected chi connectivity index (χ3v) is 4.90. The van der Waals surface area contributed by atoms with Crippen molar-refractivity contribution in [1.82, 2.24) is 0 Å². The van der Waals surface area contributed by atoms with Gasteiger partial charge in [-0.05, 0) is 24.3 Å². The highest BCUT2D eigenvalue weighted by Crippen LogP contribution is 2.27. The van der Waals surface area contributed by atoms with Gasteiger partial charge in [-0.15, -0.1) is 0 Å². The Morgan fingerprint density at radius 3 is 2.52 bits per heavy atom. The summed E-state index contributed by atoms with van der Waals surface area (Å²) in [5, 5.41) is 11.0. The third kappa shape index (κ3) is 3.64. The van der Waals surface area contributed by atoms with Crippen LogP contribution in [0.2, 0.25) is 0 Å². The van der Waals surface area contributed by atoms with E-state index in [9.17, 15) is 22.9 Å². The quantitative estimate of drug-likeness (QED) is 0.607. The molecule has 0 bridgehead atoms. The van der Waals surface area contributed by atoms with Crippen LogP contribution in [-0.2, 0) is 15.6 Å². The van der Waals surface area contributed by atoms with Crippen LogP contribution in [0, 0.1) is 15.9 Å². The van der Waals surface area contributed by atoms with E-state index in [0.717, 1.165) is 12.1 Å². The van der Waals surface area contributed by atoms with Gasteiger partial charge in [-0.1, -0.05) is 28.1 Å². The van der Waals surface area contributed by atoms with Gasteiger partial charge in [-0.25, -0.2) is 12.8 Å². The van der Waals surface area contributed by atoms with E-state index in [1.165, 1.54) is 30.3 Å². The first-order chi connectivity index (χ1) is 9.79. The summed E-state index contributed by atoms with van der Waals surface area (Å²) < 4.78 is 38.0. The molecule has 0 aliphatic carbocycles. The fourth-order valence-electron chi connectivity index (χ4n) is 1.78. The van der Waals surface area contributed by atoms with Gasteiger partial charge in [0.15, 0.2) is 9.84 Å². The molecule has 0 aliphatic rings. The Bertz CT molecular complexity index is 808. The molecule has 0 saturated carbocycles. The molecule has 0 atom stereocenters. The van der Waals surface area contributed by atoms with E-state index in [2.05, 4.69) is 15.9 Å². The van der Waals surface area contributed by atoms with Gasteiger partial charge in [0, 0.05) is 16.1 Å². The molecule has 0 saturated heterocycles. The average molecular weight is 374 g/mol. The van der Waals surface area contributed by atoms with Crippen LogP contribution < -0.4 is 0 Å². The van der Waals surface area contributed by atoms with Crippen LogP contribution in [0.25, 0.3) is 0 Å². The second-order valence-corrected chi connectivity index (χ2v) is 7.15. The molecule has 0 aromatic heterocycles. The largest absolute Gasteiger partial charge is 0.274 e. The Kier molecular flexibility index (Phi) is 4.38. The van der Waals surface area contributed by atoms with Crippen LogP contribution >= 0.6 is 15.9 Å². The Labute approximate surface area is 128 Å². The summed E-state index contributed by atoms with van der Waals surface area (Å²) >= 11 is 3.10. The predicted molar refractivity (Wildman–Crippen MR) is 78.1 cm³/mol. The lowest BCUT2D eigenvalue weighted by Gasteiger charge is -2.06. The highest BCUT2D eigenvalue weighted by atomic mass is 79.9. The van der Waals surface area contributed by atoms with Crippen LogP contribution in [0.4, 0.5) is 10.1 Å². The summed E-state index contributed by atoms with van der Waals surface area (Å²) in [4.78, 5) is 10.1. The molecule has 0 aliphatic heterocycles. The molecule has 8 heteroatoms. The van der Waals surface area contributed by atoms with Gasteiger partial charge in [0.25, 0.3) is 5.69 Å². The van der Waals surface area contributed by atoms with E-state index in [0.29, 0.717) is 4.47 Å². The van der Waals surface area contributed by atoms with Gasteiger partial charge >= 0.3 is 0 Å². The summed E-state index contributed by atoms with van der Waals surface area (Å²) in [7, 11) is -3.86. The van der Waals surface area contributed by atoms with Crippen molar-refractivity contribution in [2.45, 2.75) is 10.6 Å². The molecule has 0 N–H and O–H groups in total. The fourth-order valence-corrected chi connectivity index (χ4v) is 3.52. The Hall–Kier alpha value is -1.80. The van der Waals surface area contributed by atoms with Crippen LogP contribution in [0.15, 0.2) is 51.8 Å². The topological polar surface area (TPSA) is 77.3 Å². The second kappa shape index (κ2) is 5.90. The van der Waals surface area contributed by atoms with E-state index < -0.39 is 26.3 Å². The zero-order chi connectivity index (χ0) is 15.6. The zero-order valence-electron chi connectivity index (χ0n) is 10.5. The number of benzene rings is 2. The number of nitro groups is 1. The van der Waals surface area contributed by atoms with E-state index >= 15 is 0 Å². The molecule has 2 aromatic carbocycles. The summed E-state index contributed by atoms with van der Waals surface area (Å²) in [6.45, 7) is 0. The molecule has 0 unspecified atom stereocenters. The fraction of sp³-hybridized carbons (Fsp3) is 0.0769. The summed E-state index contributed by atoms with van der Waals surface area (Å²) in [6, 6.07) is 8.65. The van der Waals surface area contributed by atoms with Crippen molar-refractivity contribution in [2.24, 2.45) is 0 Å². The van der Waals surface area contributed by atoms with Gasteiger partial charge in [0.05, 0.1) is 15.6 Å². The molecular weight excluding hydrogens is 365 g/mol. The minimum absolute atomic E-state index is 0.0486. The van der Waals surface area contributed by atoms with Gasteiger partial charge < -0.3 is 0 Å². The maximum atomic E-state index is 13.1. The monoisotopic (exact) mass is 373 g/mol. The van der Waals surface area contributed by atoms with Gasteiger partial charge in [-0.2, -0.15) is 0 Å². The molecule has 0 heterocycles. The van der Waals surface area contributed by atoms with Crippen molar-refractivity contribution in [2.75, 3.05) is 0 Å². The number of rotatable bonds is 4. The first kappa shape index (κ1) is 15.6. The zero-order valence-corrected chi connectivity index (χ0v) is 12.9. The van der Waals surface area contributed by atoms with Crippen LogP contribution in [-0.4, -0.2) is 13.3 Å². The highest BCUT2D eigenvalue weighted by molar-refractivity contribution is 9.10. The maximum absolute atomic E-state index is 13.1. The van der Waals surface area contributed by atoms with Gasteiger partial charge in [-0.3, -0.25) is 10.1 Å². The summed E-state index contributed by atoms with van der Waals surface area (Å²) in [5.74, 6) is -1.25. The molecule has 21 heavy (non-hydrogen) atoms. The molecule has 110 valence electrons. The summed E-state index contributed by atoms with van der Waals surface area (Å²) in [6.07, 6.45) is 0. The van der Waals surface area contributed by atoms with Crippen LogP contribution in [0.5, 0.6) is 0 Å². The Morgan fingerprint density at radius 1 is 1.19 bits per heavy atom. The molecule has 0 radical (unpaired) electrons. The van der Waals surface area contributed by atoms with Crippen molar-refractivity contribution in [3.8, 4) is 0 Å². The first-order valence-electron chi connectivity index (χ1n) is 5.71. The SMILES string of the molecule is O=[N+]([O-])c1cc(Br)ccc1CS(=O)(=O)c1cccc(F)c1. The van der Waals surface area contributed by atoms with E-state index in [4.69, 9.17) is 0 Å². The number of nitrogens with zero attached hydrogens (tertiary/aromatic N) is 1. The normalized spacial score (nSPS) is 11.3. The second-order valence-electron chi connectivity index (χ2n) is 4.25. The summed E-state index contributed by atoms with van der Waals surface area (Å²) in [5.41, 5.74) is -0.253. The number of hydrogen-bond acceptors (Lipinski definition) is 4. The molecule has 2 aromatic rings. The number of hydrogen-bond donors (Lipinski definition) is 0. The van der Waals surface area contributed by atoms with Gasteiger partial charge in [0.2, 0.25) is 0 Å². The molecule has 5 nitrogen and oxygen atoms in total. The smallest absolute Gasteiger partial charge is 0.258 e. The van der Waals surface area contributed by atoms with Crippen molar-refractivity contribution in [3.63, 3.8) is 0 Å². The highest BCUT2D eigenvalue weighted by Gasteiger charge is 2.22. The standard InChI is InChI=1S/C13H9BrFNO4S/c14-10-5-4-9(13(6-10)16(17)18)8-21(19,20)12-3-1-2-11(15)7-12/h1-7H,8H2. The lowest BCUT2D eigenvalue weighted by Crippen LogP contribution is -2.07. The first-order valence-corrected chi connectivity index (χ1v) is 8.15. The minimum atomic E-state index is -3.86. The molecular formula is C13H9BrFNO4S.